The highest BCUT2D eigenvalue weighted by atomic mass is 16.6. The molecule has 36 heavy (non-hydrogen) atoms. The second kappa shape index (κ2) is 10.8. The predicted octanol–water partition coefficient (Wildman–Crippen LogP) is 4.45. The lowest BCUT2D eigenvalue weighted by atomic mass is 9.60. The highest BCUT2D eigenvalue weighted by Gasteiger charge is 2.60. The topological polar surface area (TPSA) is 105 Å². The Balaban J connectivity index is 2.23. The van der Waals surface area contributed by atoms with Crippen molar-refractivity contribution in [3.05, 3.63) is 23.3 Å². The van der Waals surface area contributed by atoms with Crippen LogP contribution in [0.5, 0.6) is 0 Å². The first-order valence-corrected chi connectivity index (χ1v) is 12.8. The quantitative estimate of drug-likeness (QED) is 0.314. The standard InChI is InChI=1S/C28H40O8/c1-14-9-10-23(33-17(4)29)15(2)21-11-12-28(8)25(21)16(3)22(13-24(14)34-18(5)30)26(35-19(6)31)27(28)36-20(7)32/h14,21,23-27H,2,9-13H2,1,3-8H3. The highest BCUT2D eigenvalue weighted by molar-refractivity contribution is 5.69. The molecule has 8 unspecified atom stereocenters. The number of allylic oxidation sites excluding steroid dienone is 1. The zero-order chi connectivity index (χ0) is 26.9. The van der Waals surface area contributed by atoms with Gasteiger partial charge < -0.3 is 18.9 Å². The molecule has 3 rings (SSSR count). The largest absolute Gasteiger partial charge is 0.462 e. The Morgan fingerprint density at radius 2 is 1.44 bits per heavy atom. The van der Waals surface area contributed by atoms with Crippen LogP contribution in [0.25, 0.3) is 0 Å². The van der Waals surface area contributed by atoms with Gasteiger partial charge >= 0.3 is 23.9 Å². The monoisotopic (exact) mass is 504 g/mol. The van der Waals surface area contributed by atoms with Gasteiger partial charge in [0.05, 0.1) is 0 Å². The maximum atomic E-state index is 12.3. The highest BCUT2D eigenvalue weighted by Crippen LogP contribution is 2.60. The minimum Gasteiger partial charge on any atom is -0.462 e. The summed E-state index contributed by atoms with van der Waals surface area (Å²) in [6.45, 7) is 16.0. The van der Waals surface area contributed by atoms with E-state index in [1.165, 1.54) is 27.7 Å². The minimum atomic E-state index is -0.782. The Kier molecular flexibility index (Phi) is 8.36. The molecule has 1 saturated carbocycles. The van der Waals surface area contributed by atoms with Gasteiger partial charge in [-0.25, -0.2) is 0 Å². The molecule has 0 radical (unpaired) electrons. The molecule has 8 nitrogen and oxygen atoms in total. The zero-order valence-corrected chi connectivity index (χ0v) is 22.6. The molecule has 3 aliphatic carbocycles. The van der Waals surface area contributed by atoms with E-state index in [0.717, 1.165) is 29.6 Å². The molecular formula is C28H40O8. The van der Waals surface area contributed by atoms with Crippen molar-refractivity contribution in [2.75, 3.05) is 0 Å². The van der Waals surface area contributed by atoms with Gasteiger partial charge in [-0.2, -0.15) is 0 Å². The third kappa shape index (κ3) is 5.52. The lowest BCUT2D eigenvalue weighted by molar-refractivity contribution is -0.178. The van der Waals surface area contributed by atoms with Gasteiger partial charge in [0.2, 0.25) is 0 Å². The van der Waals surface area contributed by atoms with E-state index in [4.69, 9.17) is 18.9 Å². The molecule has 8 atom stereocenters. The van der Waals surface area contributed by atoms with Crippen molar-refractivity contribution in [3.63, 3.8) is 0 Å². The molecule has 0 aromatic rings. The molecule has 0 aromatic heterocycles. The van der Waals surface area contributed by atoms with Crippen LogP contribution >= 0.6 is 0 Å². The number of carbonyl (C=O) groups excluding carboxylic acids is 4. The Hall–Kier alpha value is -2.64. The van der Waals surface area contributed by atoms with Crippen LogP contribution in [0.15, 0.2) is 23.3 Å². The lowest BCUT2D eigenvalue weighted by Gasteiger charge is -2.49. The summed E-state index contributed by atoms with van der Waals surface area (Å²) >= 11 is 0. The first-order valence-electron chi connectivity index (χ1n) is 12.8. The summed E-state index contributed by atoms with van der Waals surface area (Å²) in [5.74, 6) is -1.85. The molecular weight excluding hydrogens is 464 g/mol. The van der Waals surface area contributed by atoms with Crippen LogP contribution < -0.4 is 0 Å². The first kappa shape index (κ1) is 27.9. The number of esters is 4. The van der Waals surface area contributed by atoms with Crippen LogP contribution in [0.4, 0.5) is 0 Å². The van der Waals surface area contributed by atoms with E-state index in [-0.39, 0.29) is 23.7 Å². The van der Waals surface area contributed by atoms with Crippen LogP contribution in [-0.4, -0.2) is 48.3 Å². The minimum absolute atomic E-state index is 0.00809. The van der Waals surface area contributed by atoms with E-state index in [1.807, 2.05) is 13.8 Å². The van der Waals surface area contributed by atoms with E-state index < -0.39 is 47.7 Å². The summed E-state index contributed by atoms with van der Waals surface area (Å²) in [5.41, 5.74) is 2.18. The van der Waals surface area contributed by atoms with Crippen LogP contribution in [-0.2, 0) is 38.1 Å². The third-order valence-electron chi connectivity index (χ3n) is 8.39. The van der Waals surface area contributed by atoms with E-state index in [2.05, 4.69) is 13.5 Å². The first-order chi connectivity index (χ1) is 16.8. The second-order valence-electron chi connectivity index (χ2n) is 11.0. The van der Waals surface area contributed by atoms with Gasteiger partial charge in [0.25, 0.3) is 0 Å². The fourth-order valence-corrected chi connectivity index (χ4v) is 6.83. The average Bonchev–Trinajstić information content (AvgIpc) is 3.11. The molecule has 0 heterocycles. The third-order valence-corrected chi connectivity index (χ3v) is 8.39. The number of carbonyl (C=O) groups is 4. The fraction of sp³-hybridized carbons (Fsp3) is 0.714. The Bertz CT molecular complexity index is 965. The van der Waals surface area contributed by atoms with Gasteiger partial charge in [0.1, 0.15) is 18.3 Å². The Morgan fingerprint density at radius 3 is 2.00 bits per heavy atom. The van der Waals surface area contributed by atoms with Gasteiger partial charge in [0.15, 0.2) is 6.10 Å². The second-order valence-corrected chi connectivity index (χ2v) is 11.0. The van der Waals surface area contributed by atoms with E-state index in [9.17, 15) is 19.2 Å². The van der Waals surface area contributed by atoms with Gasteiger partial charge in [-0.3, -0.25) is 19.2 Å². The molecule has 2 bridgehead atoms. The van der Waals surface area contributed by atoms with Gasteiger partial charge in [-0.05, 0) is 61.5 Å². The molecule has 0 spiro atoms. The van der Waals surface area contributed by atoms with Crippen LogP contribution in [0.1, 0.15) is 80.6 Å². The van der Waals surface area contributed by atoms with Crippen LogP contribution in [0.2, 0.25) is 0 Å². The number of ether oxygens (including phenoxy) is 4. The van der Waals surface area contributed by atoms with Crippen molar-refractivity contribution in [2.24, 2.45) is 23.2 Å². The van der Waals surface area contributed by atoms with Crippen molar-refractivity contribution in [2.45, 2.75) is 105 Å². The van der Waals surface area contributed by atoms with Crippen molar-refractivity contribution < 1.29 is 38.1 Å². The average molecular weight is 505 g/mol. The summed E-state index contributed by atoms with van der Waals surface area (Å²) in [5, 5.41) is 0. The predicted molar refractivity (Wildman–Crippen MR) is 131 cm³/mol. The molecule has 3 aliphatic rings. The van der Waals surface area contributed by atoms with Crippen molar-refractivity contribution in [1.29, 1.82) is 0 Å². The maximum absolute atomic E-state index is 12.3. The van der Waals surface area contributed by atoms with Gasteiger partial charge in [-0.1, -0.05) is 26.0 Å². The normalized spacial score (nSPS) is 36.4. The molecule has 0 aliphatic heterocycles. The molecule has 200 valence electrons. The molecule has 0 saturated heterocycles. The van der Waals surface area contributed by atoms with Crippen molar-refractivity contribution in [3.8, 4) is 0 Å². The Labute approximate surface area is 213 Å². The van der Waals surface area contributed by atoms with E-state index >= 15 is 0 Å². The fourth-order valence-electron chi connectivity index (χ4n) is 6.83. The molecule has 8 heteroatoms. The number of rotatable bonds is 4. The summed E-state index contributed by atoms with van der Waals surface area (Å²) in [6, 6.07) is 0. The summed E-state index contributed by atoms with van der Waals surface area (Å²) in [7, 11) is 0. The molecule has 0 N–H and O–H groups in total. The molecule has 0 amide bonds. The summed E-state index contributed by atoms with van der Waals surface area (Å²) < 4.78 is 23.3. The van der Waals surface area contributed by atoms with Crippen LogP contribution in [0, 0.1) is 23.2 Å². The van der Waals surface area contributed by atoms with Crippen LogP contribution in [0.3, 0.4) is 0 Å². The Morgan fingerprint density at radius 1 is 0.861 bits per heavy atom. The summed E-state index contributed by atoms with van der Waals surface area (Å²) in [6.07, 6.45) is 0.602. The maximum Gasteiger partial charge on any atom is 0.303 e. The summed E-state index contributed by atoms with van der Waals surface area (Å²) in [4.78, 5) is 48.5. The molecule has 1 fully saturated rings. The SMILES string of the molecule is C=C1C(OC(C)=O)CCC(C)C(OC(C)=O)CC2=C(C)C3C1CCC3(C)C(OC(C)=O)C2OC(C)=O. The van der Waals surface area contributed by atoms with Crippen molar-refractivity contribution >= 4 is 23.9 Å². The number of hydrogen-bond donors (Lipinski definition) is 0. The van der Waals surface area contributed by atoms with E-state index in [0.29, 0.717) is 19.3 Å². The van der Waals surface area contributed by atoms with Gasteiger partial charge in [-0.15, -0.1) is 0 Å². The van der Waals surface area contributed by atoms with E-state index in [1.54, 1.807) is 0 Å². The zero-order valence-electron chi connectivity index (χ0n) is 22.6. The molecule has 0 aromatic carbocycles. The number of hydrogen-bond acceptors (Lipinski definition) is 8. The van der Waals surface area contributed by atoms with Crippen molar-refractivity contribution in [1.82, 2.24) is 0 Å². The smallest absolute Gasteiger partial charge is 0.303 e. The lowest BCUT2D eigenvalue weighted by Crippen LogP contribution is -2.54. The van der Waals surface area contributed by atoms with Gasteiger partial charge in [0, 0.05) is 39.5 Å².